The molecule has 0 bridgehead atoms. The van der Waals surface area contributed by atoms with E-state index in [-0.39, 0.29) is 5.91 Å². The molecule has 1 amide bonds. The average Bonchev–Trinajstić information content (AvgIpc) is 3.23. The van der Waals surface area contributed by atoms with E-state index in [1.54, 1.807) is 32.4 Å². The molecule has 4 aromatic rings. The molecule has 0 fully saturated rings. The molecule has 0 aliphatic heterocycles. The minimum Gasteiger partial charge on any atom is -0.497 e. The second-order valence-corrected chi connectivity index (χ2v) is 8.45. The number of anilines is 1. The largest absolute Gasteiger partial charge is 0.497 e. The highest BCUT2D eigenvalue weighted by atomic mass is 79.9. The number of carbonyl (C=O) groups is 1. The molecule has 0 saturated heterocycles. The van der Waals surface area contributed by atoms with E-state index in [0.717, 1.165) is 27.4 Å². The normalized spacial score (nSPS) is 10.5. The number of benzene rings is 3. The lowest BCUT2D eigenvalue weighted by molar-refractivity contribution is 0.102. The van der Waals surface area contributed by atoms with Crippen LogP contribution in [0, 0.1) is 0 Å². The number of amides is 1. The number of rotatable bonds is 6. The monoisotopic (exact) mass is 494 g/mol. The van der Waals surface area contributed by atoms with Crippen molar-refractivity contribution >= 4 is 38.3 Å². The molecule has 3 aromatic carbocycles. The maximum Gasteiger partial charge on any atom is 0.257 e. The van der Waals surface area contributed by atoms with Gasteiger partial charge in [0.05, 0.1) is 29.3 Å². The number of carbonyl (C=O) groups excluding carboxylic acids is 1. The van der Waals surface area contributed by atoms with Crippen LogP contribution >= 0.6 is 27.3 Å². The Morgan fingerprint density at radius 2 is 1.68 bits per heavy atom. The third kappa shape index (κ3) is 4.62. The summed E-state index contributed by atoms with van der Waals surface area (Å²) in [4.78, 5) is 18.5. The lowest BCUT2D eigenvalue weighted by Gasteiger charge is -2.06. The molecule has 5 nitrogen and oxygen atoms in total. The summed E-state index contributed by atoms with van der Waals surface area (Å²) in [7, 11) is 3.23. The van der Waals surface area contributed by atoms with Crippen molar-refractivity contribution in [1.29, 1.82) is 0 Å². The number of nitrogens with one attached hydrogen (secondary N) is 1. The second kappa shape index (κ2) is 9.32. The molecule has 0 atom stereocenters. The molecule has 1 heterocycles. The van der Waals surface area contributed by atoms with Crippen LogP contribution in [0.1, 0.15) is 10.4 Å². The molecular weight excluding hydrogens is 476 g/mol. The number of aromatic nitrogens is 1. The van der Waals surface area contributed by atoms with E-state index in [0.29, 0.717) is 20.9 Å². The van der Waals surface area contributed by atoms with Gasteiger partial charge in [0.1, 0.15) is 11.5 Å². The first-order valence-corrected chi connectivity index (χ1v) is 11.1. The summed E-state index contributed by atoms with van der Waals surface area (Å²) in [6.07, 6.45) is 0. The van der Waals surface area contributed by atoms with Crippen molar-refractivity contribution in [2.24, 2.45) is 0 Å². The van der Waals surface area contributed by atoms with Crippen LogP contribution in [0.5, 0.6) is 11.5 Å². The average molecular weight is 495 g/mol. The maximum absolute atomic E-state index is 12.8. The van der Waals surface area contributed by atoms with Crippen molar-refractivity contribution in [3.8, 4) is 33.2 Å². The number of nitrogens with zero attached hydrogens (tertiary/aromatic N) is 1. The molecule has 4 rings (SSSR count). The summed E-state index contributed by atoms with van der Waals surface area (Å²) in [6, 6.07) is 22.9. The SMILES string of the molecule is COc1ccc(-c2sc(NC(=O)c3ccc(OC)c(Br)c3)nc2-c2ccccc2)cc1. The first-order chi connectivity index (χ1) is 15.1. The van der Waals surface area contributed by atoms with Crippen LogP contribution in [0.15, 0.2) is 77.3 Å². The van der Waals surface area contributed by atoms with Crippen molar-refractivity contribution in [1.82, 2.24) is 4.98 Å². The van der Waals surface area contributed by atoms with Crippen molar-refractivity contribution in [2.45, 2.75) is 0 Å². The Morgan fingerprint density at radius 1 is 0.935 bits per heavy atom. The summed E-state index contributed by atoms with van der Waals surface area (Å²) in [5, 5.41) is 3.46. The fourth-order valence-electron chi connectivity index (χ4n) is 3.08. The molecule has 0 aliphatic rings. The Hall–Kier alpha value is -3.16. The zero-order chi connectivity index (χ0) is 21.8. The summed E-state index contributed by atoms with van der Waals surface area (Å²) in [5.74, 6) is 1.21. The van der Waals surface area contributed by atoms with E-state index in [1.165, 1.54) is 11.3 Å². The van der Waals surface area contributed by atoms with Crippen LogP contribution in [0.25, 0.3) is 21.7 Å². The second-order valence-electron chi connectivity index (χ2n) is 6.59. The topological polar surface area (TPSA) is 60.5 Å². The van der Waals surface area contributed by atoms with Crippen molar-refractivity contribution in [3.05, 3.63) is 82.8 Å². The van der Waals surface area contributed by atoms with E-state index in [2.05, 4.69) is 21.2 Å². The zero-order valence-electron chi connectivity index (χ0n) is 16.9. The predicted molar refractivity (Wildman–Crippen MR) is 128 cm³/mol. The molecule has 0 radical (unpaired) electrons. The van der Waals surface area contributed by atoms with Gasteiger partial charge in [-0.2, -0.15) is 0 Å². The van der Waals surface area contributed by atoms with E-state index >= 15 is 0 Å². The van der Waals surface area contributed by atoms with Crippen LogP contribution in [-0.2, 0) is 0 Å². The number of thiazole rings is 1. The molecule has 0 unspecified atom stereocenters. The van der Waals surface area contributed by atoms with Gasteiger partial charge in [-0.05, 0) is 64.0 Å². The van der Waals surface area contributed by atoms with Gasteiger partial charge in [0.15, 0.2) is 5.13 Å². The van der Waals surface area contributed by atoms with Crippen molar-refractivity contribution < 1.29 is 14.3 Å². The molecule has 7 heteroatoms. The van der Waals surface area contributed by atoms with Crippen LogP contribution in [0.3, 0.4) is 0 Å². The molecule has 1 aromatic heterocycles. The quantitative estimate of drug-likeness (QED) is 0.331. The summed E-state index contributed by atoms with van der Waals surface area (Å²) < 4.78 is 11.2. The van der Waals surface area contributed by atoms with Gasteiger partial charge in [-0.15, -0.1) is 0 Å². The van der Waals surface area contributed by atoms with Crippen molar-refractivity contribution in [2.75, 3.05) is 19.5 Å². The fourth-order valence-corrected chi connectivity index (χ4v) is 4.61. The minimum absolute atomic E-state index is 0.238. The molecule has 31 heavy (non-hydrogen) atoms. The number of methoxy groups -OCH3 is 2. The van der Waals surface area contributed by atoms with E-state index in [9.17, 15) is 4.79 Å². The highest BCUT2D eigenvalue weighted by Gasteiger charge is 2.17. The molecule has 0 spiro atoms. The van der Waals surface area contributed by atoms with Gasteiger partial charge >= 0.3 is 0 Å². The van der Waals surface area contributed by atoms with Gasteiger partial charge in [0.25, 0.3) is 5.91 Å². The molecule has 0 aliphatic carbocycles. The molecule has 156 valence electrons. The van der Waals surface area contributed by atoms with Crippen LogP contribution < -0.4 is 14.8 Å². The molecule has 0 saturated carbocycles. The Kier molecular flexibility index (Phi) is 6.34. The lowest BCUT2D eigenvalue weighted by atomic mass is 10.1. The van der Waals surface area contributed by atoms with E-state index < -0.39 is 0 Å². The maximum atomic E-state index is 12.8. The fraction of sp³-hybridized carbons (Fsp3) is 0.0833. The van der Waals surface area contributed by atoms with Gasteiger partial charge in [0, 0.05) is 11.1 Å². The van der Waals surface area contributed by atoms with Gasteiger partial charge in [-0.25, -0.2) is 4.98 Å². The predicted octanol–water partition coefficient (Wildman–Crippen LogP) is 6.51. The van der Waals surface area contributed by atoms with Crippen molar-refractivity contribution in [3.63, 3.8) is 0 Å². The Labute approximate surface area is 192 Å². The van der Waals surface area contributed by atoms with Crippen LogP contribution in [0.2, 0.25) is 0 Å². The molecular formula is C24H19BrN2O3S. The Balaban J connectivity index is 1.69. The van der Waals surface area contributed by atoms with Gasteiger partial charge in [-0.3, -0.25) is 10.1 Å². The van der Waals surface area contributed by atoms with Crippen LogP contribution in [-0.4, -0.2) is 25.1 Å². The Bertz CT molecular complexity index is 1210. The van der Waals surface area contributed by atoms with Gasteiger partial charge in [-0.1, -0.05) is 41.7 Å². The summed E-state index contributed by atoms with van der Waals surface area (Å²) in [5.41, 5.74) is 3.32. The number of halogens is 1. The standard InChI is InChI=1S/C24H19BrN2O3S/c1-29-18-11-8-16(9-12-18)22-21(15-6-4-3-5-7-15)26-24(31-22)27-23(28)17-10-13-20(30-2)19(25)14-17/h3-14H,1-2H3,(H,26,27,28). The summed E-state index contributed by atoms with van der Waals surface area (Å²) >= 11 is 4.86. The molecule has 1 N–H and O–H groups in total. The first kappa shape index (κ1) is 21.1. The minimum atomic E-state index is -0.238. The van der Waals surface area contributed by atoms with E-state index in [1.807, 2.05) is 54.6 Å². The van der Waals surface area contributed by atoms with E-state index in [4.69, 9.17) is 14.5 Å². The Morgan fingerprint density at radius 3 is 2.32 bits per heavy atom. The smallest absolute Gasteiger partial charge is 0.257 e. The summed E-state index contributed by atoms with van der Waals surface area (Å²) in [6.45, 7) is 0. The number of hydrogen-bond donors (Lipinski definition) is 1. The third-order valence-electron chi connectivity index (χ3n) is 4.66. The first-order valence-electron chi connectivity index (χ1n) is 9.44. The number of ether oxygens (including phenoxy) is 2. The zero-order valence-corrected chi connectivity index (χ0v) is 19.3. The third-order valence-corrected chi connectivity index (χ3v) is 6.30. The number of hydrogen-bond acceptors (Lipinski definition) is 5. The van der Waals surface area contributed by atoms with Gasteiger partial charge in [0.2, 0.25) is 0 Å². The lowest BCUT2D eigenvalue weighted by Crippen LogP contribution is -2.11. The highest BCUT2D eigenvalue weighted by Crippen LogP contribution is 2.39. The van der Waals surface area contributed by atoms with Crippen LogP contribution in [0.4, 0.5) is 5.13 Å². The highest BCUT2D eigenvalue weighted by molar-refractivity contribution is 9.10. The van der Waals surface area contributed by atoms with Gasteiger partial charge < -0.3 is 9.47 Å².